The highest BCUT2D eigenvalue weighted by Gasteiger charge is 2.03. The van der Waals surface area contributed by atoms with Gasteiger partial charge in [-0.25, -0.2) is 9.97 Å². The molecule has 0 aromatic carbocycles. The zero-order chi connectivity index (χ0) is 11.4. The summed E-state index contributed by atoms with van der Waals surface area (Å²) in [5.74, 6) is 0. The van der Waals surface area contributed by atoms with Gasteiger partial charge >= 0.3 is 0 Å². The van der Waals surface area contributed by atoms with Crippen molar-refractivity contribution in [3.8, 4) is 0 Å². The monoisotopic (exact) mass is 251 g/mol. The summed E-state index contributed by atoms with van der Waals surface area (Å²) in [7, 11) is 0. The van der Waals surface area contributed by atoms with Crippen LogP contribution >= 0.6 is 23.4 Å². The summed E-state index contributed by atoms with van der Waals surface area (Å²) in [6.45, 7) is 0.456. The largest absolute Gasteiger partial charge is 0.326 e. The van der Waals surface area contributed by atoms with E-state index in [-0.39, 0.29) is 0 Å². The molecule has 16 heavy (non-hydrogen) atoms. The van der Waals surface area contributed by atoms with Gasteiger partial charge in [-0.05, 0) is 29.8 Å². The molecule has 0 spiro atoms. The number of pyridine rings is 2. The highest BCUT2D eigenvalue weighted by molar-refractivity contribution is 7.99. The summed E-state index contributed by atoms with van der Waals surface area (Å²) >= 11 is 7.36. The van der Waals surface area contributed by atoms with Crippen molar-refractivity contribution in [2.75, 3.05) is 0 Å². The Bertz CT molecular complexity index is 476. The Balaban J connectivity index is 2.24. The van der Waals surface area contributed by atoms with Crippen LogP contribution in [-0.2, 0) is 6.54 Å². The van der Waals surface area contributed by atoms with Gasteiger partial charge in [0.05, 0.1) is 0 Å². The van der Waals surface area contributed by atoms with Crippen LogP contribution in [0.2, 0.25) is 5.15 Å². The first kappa shape index (κ1) is 11.4. The van der Waals surface area contributed by atoms with Crippen LogP contribution in [0.4, 0.5) is 0 Å². The van der Waals surface area contributed by atoms with Crippen LogP contribution in [0.3, 0.4) is 0 Å². The maximum atomic E-state index is 5.89. The first-order valence-corrected chi connectivity index (χ1v) is 5.93. The number of nitrogens with zero attached hydrogens (tertiary/aromatic N) is 2. The quantitative estimate of drug-likeness (QED) is 0.853. The summed E-state index contributed by atoms with van der Waals surface area (Å²) in [6, 6.07) is 9.43. The van der Waals surface area contributed by atoms with Crippen LogP contribution in [0.25, 0.3) is 0 Å². The Morgan fingerprint density at radius 2 is 2.12 bits per heavy atom. The minimum Gasteiger partial charge on any atom is -0.326 e. The fourth-order valence-corrected chi connectivity index (χ4v) is 2.32. The molecule has 0 saturated heterocycles. The molecule has 0 radical (unpaired) electrons. The molecule has 3 nitrogen and oxygen atoms in total. The zero-order valence-electron chi connectivity index (χ0n) is 8.43. The highest BCUT2D eigenvalue weighted by atomic mass is 35.5. The molecule has 0 fully saturated rings. The fraction of sp³-hybridized carbons (Fsp3) is 0.0909. The van der Waals surface area contributed by atoms with Crippen LogP contribution in [0.1, 0.15) is 5.56 Å². The Morgan fingerprint density at radius 1 is 1.25 bits per heavy atom. The van der Waals surface area contributed by atoms with Crippen LogP contribution in [0.15, 0.2) is 46.6 Å². The first-order valence-electron chi connectivity index (χ1n) is 4.73. The van der Waals surface area contributed by atoms with E-state index in [9.17, 15) is 0 Å². The minimum atomic E-state index is 0.456. The van der Waals surface area contributed by atoms with Gasteiger partial charge in [0.2, 0.25) is 0 Å². The molecule has 2 rings (SSSR count). The summed E-state index contributed by atoms with van der Waals surface area (Å²) in [4.78, 5) is 8.42. The van der Waals surface area contributed by atoms with Gasteiger partial charge in [-0.15, -0.1) is 0 Å². The van der Waals surface area contributed by atoms with E-state index in [1.54, 1.807) is 12.3 Å². The van der Waals surface area contributed by atoms with E-state index in [4.69, 9.17) is 17.3 Å². The predicted molar refractivity (Wildman–Crippen MR) is 65.5 cm³/mol. The van der Waals surface area contributed by atoms with Gasteiger partial charge in [0.25, 0.3) is 0 Å². The average Bonchev–Trinajstić information content (AvgIpc) is 2.29. The van der Waals surface area contributed by atoms with E-state index in [0.29, 0.717) is 11.7 Å². The second kappa shape index (κ2) is 5.30. The van der Waals surface area contributed by atoms with Gasteiger partial charge in [-0.2, -0.15) is 0 Å². The number of hydrogen-bond donors (Lipinski definition) is 1. The lowest BCUT2D eigenvalue weighted by molar-refractivity contribution is 1.01. The maximum absolute atomic E-state index is 5.89. The van der Waals surface area contributed by atoms with Crippen LogP contribution in [-0.4, -0.2) is 9.97 Å². The van der Waals surface area contributed by atoms with E-state index in [1.165, 1.54) is 11.8 Å². The molecule has 0 aliphatic rings. The lowest BCUT2D eigenvalue weighted by Crippen LogP contribution is -1.97. The van der Waals surface area contributed by atoms with Crippen molar-refractivity contribution in [1.82, 2.24) is 9.97 Å². The normalized spacial score (nSPS) is 10.4. The molecule has 0 amide bonds. The molecule has 0 saturated carbocycles. The topological polar surface area (TPSA) is 51.8 Å². The number of nitrogens with two attached hydrogens (primary N) is 1. The Hall–Kier alpha value is -1.10. The molecule has 0 atom stereocenters. The lowest BCUT2D eigenvalue weighted by atomic mass is 10.3. The van der Waals surface area contributed by atoms with Gasteiger partial charge in [-0.3, -0.25) is 0 Å². The summed E-state index contributed by atoms with van der Waals surface area (Å²) in [5, 5.41) is 2.16. The maximum Gasteiger partial charge on any atom is 0.130 e. The average molecular weight is 252 g/mol. The van der Waals surface area contributed by atoms with E-state index in [2.05, 4.69) is 9.97 Å². The second-order valence-electron chi connectivity index (χ2n) is 3.11. The van der Waals surface area contributed by atoms with Crippen molar-refractivity contribution in [3.63, 3.8) is 0 Å². The molecule has 2 aromatic heterocycles. The van der Waals surface area contributed by atoms with Gasteiger partial charge in [0, 0.05) is 12.7 Å². The Labute approximate surface area is 103 Å². The number of aromatic nitrogens is 2. The third kappa shape index (κ3) is 2.95. The highest BCUT2D eigenvalue weighted by Crippen LogP contribution is 2.26. The van der Waals surface area contributed by atoms with Gasteiger partial charge < -0.3 is 5.73 Å². The summed E-state index contributed by atoms with van der Waals surface area (Å²) in [5.41, 5.74) is 6.54. The molecule has 0 bridgehead atoms. The van der Waals surface area contributed by atoms with Gasteiger partial charge in [0.15, 0.2) is 0 Å². The molecule has 0 aliphatic heterocycles. The number of rotatable bonds is 3. The van der Waals surface area contributed by atoms with Crippen molar-refractivity contribution < 1.29 is 0 Å². The van der Waals surface area contributed by atoms with Crippen molar-refractivity contribution in [3.05, 3.63) is 47.2 Å². The Kier molecular flexibility index (Phi) is 3.77. The van der Waals surface area contributed by atoms with Crippen molar-refractivity contribution >= 4 is 23.4 Å². The fourth-order valence-electron chi connectivity index (χ4n) is 1.21. The molecule has 82 valence electrons. The number of halogens is 1. The summed E-state index contributed by atoms with van der Waals surface area (Å²) in [6.07, 6.45) is 1.75. The third-order valence-corrected chi connectivity index (χ3v) is 2.98. The van der Waals surface area contributed by atoms with E-state index < -0.39 is 0 Å². The molecule has 2 heterocycles. The van der Waals surface area contributed by atoms with Crippen molar-refractivity contribution in [2.24, 2.45) is 5.73 Å². The molecule has 0 unspecified atom stereocenters. The van der Waals surface area contributed by atoms with Gasteiger partial charge in [-0.1, -0.05) is 29.4 Å². The second-order valence-corrected chi connectivity index (χ2v) is 4.54. The lowest BCUT2D eigenvalue weighted by Gasteiger charge is -2.03. The van der Waals surface area contributed by atoms with Crippen LogP contribution in [0, 0.1) is 0 Å². The first-order chi connectivity index (χ1) is 7.78. The van der Waals surface area contributed by atoms with Crippen molar-refractivity contribution in [1.29, 1.82) is 0 Å². The molecular formula is C11H10ClN3S. The Morgan fingerprint density at radius 3 is 2.81 bits per heavy atom. The predicted octanol–water partition coefficient (Wildman–Crippen LogP) is 2.74. The smallest absolute Gasteiger partial charge is 0.130 e. The summed E-state index contributed by atoms with van der Waals surface area (Å²) < 4.78 is 0. The molecular weight excluding hydrogens is 242 g/mol. The van der Waals surface area contributed by atoms with E-state index in [0.717, 1.165) is 15.6 Å². The number of hydrogen-bond acceptors (Lipinski definition) is 4. The molecule has 0 aliphatic carbocycles. The zero-order valence-corrected chi connectivity index (χ0v) is 10.0. The van der Waals surface area contributed by atoms with Crippen LogP contribution in [0.5, 0.6) is 0 Å². The molecule has 2 aromatic rings. The SMILES string of the molecule is NCc1cc(Cl)nc(Sc2ccccn2)c1. The van der Waals surface area contributed by atoms with E-state index >= 15 is 0 Å². The van der Waals surface area contributed by atoms with Gasteiger partial charge in [0.1, 0.15) is 15.2 Å². The van der Waals surface area contributed by atoms with Crippen molar-refractivity contribution in [2.45, 2.75) is 16.6 Å². The van der Waals surface area contributed by atoms with E-state index in [1.807, 2.05) is 24.3 Å². The molecule has 2 N–H and O–H groups in total. The third-order valence-electron chi connectivity index (χ3n) is 1.91. The minimum absolute atomic E-state index is 0.456. The van der Waals surface area contributed by atoms with Crippen LogP contribution < -0.4 is 5.73 Å². The standard InChI is InChI=1S/C11H10ClN3S/c12-9-5-8(7-13)6-11(15-9)16-10-3-1-2-4-14-10/h1-6H,7,13H2. The molecule has 5 heteroatoms.